The minimum atomic E-state index is -1.41. The highest BCUT2D eigenvalue weighted by Crippen LogP contribution is 2.29. The molecule has 7 heteroatoms. The van der Waals surface area contributed by atoms with Gasteiger partial charge < -0.3 is 14.2 Å². The van der Waals surface area contributed by atoms with Crippen molar-refractivity contribution in [3.8, 4) is 5.75 Å². The van der Waals surface area contributed by atoms with E-state index >= 15 is 0 Å². The number of esters is 1. The summed E-state index contributed by atoms with van der Waals surface area (Å²) in [6, 6.07) is 6.70. The molecule has 0 radical (unpaired) electrons. The van der Waals surface area contributed by atoms with E-state index in [1.54, 1.807) is 24.3 Å². The van der Waals surface area contributed by atoms with Crippen LogP contribution in [0.3, 0.4) is 0 Å². The van der Waals surface area contributed by atoms with Gasteiger partial charge in [-0.15, -0.1) is 5.11 Å². The van der Waals surface area contributed by atoms with Gasteiger partial charge >= 0.3 is 12.1 Å². The van der Waals surface area contributed by atoms with Gasteiger partial charge in [-0.2, -0.15) is 0 Å². The van der Waals surface area contributed by atoms with Crippen molar-refractivity contribution in [2.45, 2.75) is 19.6 Å². The largest absolute Gasteiger partial charge is 0.497 e. The molecule has 0 aliphatic rings. The molecule has 0 bridgehead atoms. The van der Waals surface area contributed by atoms with Crippen molar-refractivity contribution in [3.05, 3.63) is 29.8 Å². The summed E-state index contributed by atoms with van der Waals surface area (Å²) in [6.45, 7) is 2.76. The molecule has 0 aliphatic heterocycles. The first-order valence-electron chi connectivity index (χ1n) is 5.76. The number of hydrogen-bond acceptors (Lipinski definition) is 6. The van der Waals surface area contributed by atoms with Gasteiger partial charge in [-0.25, -0.2) is 4.79 Å². The molecule has 20 heavy (non-hydrogen) atoms. The second kappa shape index (κ2) is 6.65. The van der Waals surface area contributed by atoms with Gasteiger partial charge in [-0.05, 0) is 24.3 Å². The maximum Gasteiger partial charge on any atom is 0.451 e. The van der Waals surface area contributed by atoms with Gasteiger partial charge in [-0.1, -0.05) is 5.11 Å². The summed E-state index contributed by atoms with van der Waals surface area (Å²) in [5.74, 6) is 0.0935. The Kier molecular flexibility index (Phi) is 5.19. The lowest BCUT2D eigenvalue weighted by Gasteiger charge is -2.23. The number of carbonyl (C=O) groups excluding carboxylic acids is 2. The van der Waals surface area contributed by atoms with Crippen molar-refractivity contribution in [3.63, 3.8) is 0 Å². The Bertz CT molecular complexity index is 512. The van der Waals surface area contributed by atoms with Gasteiger partial charge in [0.25, 0.3) is 0 Å². The molecule has 1 unspecified atom stereocenters. The molecule has 0 saturated heterocycles. The molecule has 0 N–H and O–H groups in total. The summed E-state index contributed by atoms with van der Waals surface area (Å²) in [6.07, 6.45) is -0.878. The van der Waals surface area contributed by atoms with E-state index in [1.807, 2.05) is 0 Å². The number of rotatable bonds is 4. The third-order valence-corrected chi connectivity index (χ3v) is 2.47. The second-order valence-corrected chi connectivity index (χ2v) is 3.98. The Morgan fingerprint density at radius 1 is 1.15 bits per heavy atom. The standard InChI is InChI=1S/C13H16N2O5/c1-9(16)20-13(2,15-14-12(17)19-4)10-5-7-11(18-3)8-6-10/h5-8H,1-4H3/b15-14+. The first-order chi connectivity index (χ1) is 9.41. The van der Waals surface area contributed by atoms with Gasteiger partial charge in [0.05, 0.1) is 14.2 Å². The predicted octanol–water partition coefficient (Wildman–Crippen LogP) is 2.65. The molecule has 0 saturated carbocycles. The molecule has 7 nitrogen and oxygen atoms in total. The molecular weight excluding hydrogens is 264 g/mol. The Balaban J connectivity index is 3.11. The van der Waals surface area contributed by atoms with Gasteiger partial charge in [0.2, 0.25) is 5.72 Å². The molecule has 0 fully saturated rings. The van der Waals surface area contributed by atoms with E-state index in [2.05, 4.69) is 15.0 Å². The summed E-state index contributed by atoms with van der Waals surface area (Å²) in [5.41, 5.74) is -0.868. The lowest BCUT2D eigenvalue weighted by Crippen LogP contribution is -2.25. The zero-order valence-corrected chi connectivity index (χ0v) is 11.7. The van der Waals surface area contributed by atoms with Crippen LogP contribution < -0.4 is 4.74 Å². The fourth-order valence-electron chi connectivity index (χ4n) is 1.49. The molecule has 1 aromatic carbocycles. The number of hydrogen-bond donors (Lipinski definition) is 0. The van der Waals surface area contributed by atoms with E-state index in [-0.39, 0.29) is 0 Å². The summed E-state index contributed by atoms with van der Waals surface area (Å²) < 4.78 is 14.6. The first kappa shape index (κ1) is 15.6. The van der Waals surface area contributed by atoms with Gasteiger partial charge in [0.1, 0.15) is 5.75 Å². The van der Waals surface area contributed by atoms with Crippen LogP contribution >= 0.6 is 0 Å². The number of ether oxygens (including phenoxy) is 3. The van der Waals surface area contributed by atoms with E-state index in [1.165, 1.54) is 28.1 Å². The molecule has 1 rings (SSSR count). The van der Waals surface area contributed by atoms with Crippen LogP contribution in [0.4, 0.5) is 4.79 Å². The van der Waals surface area contributed by atoms with Gasteiger partial charge in [0, 0.05) is 19.4 Å². The number of carbonyl (C=O) groups is 2. The van der Waals surface area contributed by atoms with Crippen LogP contribution in [-0.2, 0) is 20.0 Å². The van der Waals surface area contributed by atoms with E-state index < -0.39 is 17.8 Å². The molecule has 0 aliphatic carbocycles. The number of azo groups is 1. The smallest absolute Gasteiger partial charge is 0.451 e. The van der Waals surface area contributed by atoms with Crippen molar-refractivity contribution in [2.24, 2.45) is 10.2 Å². The number of methoxy groups -OCH3 is 2. The Labute approximate surface area is 116 Å². The van der Waals surface area contributed by atoms with Crippen LogP contribution in [0.25, 0.3) is 0 Å². The molecular formula is C13H16N2O5. The highest BCUT2D eigenvalue weighted by molar-refractivity contribution is 5.68. The second-order valence-electron chi connectivity index (χ2n) is 3.98. The van der Waals surface area contributed by atoms with Crippen molar-refractivity contribution in [1.82, 2.24) is 0 Å². The Morgan fingerprint density at radius 2 is 1.75 bits per heavy atom. The predicted molar refractivity (Wildman–Crippen MR) is 69.4 cm³/mol. The van der Waals surface area contributed by atoms with Crippen LogP contribution in [0.1, 0.15) is 19.4 Å². The molecule has 0 heterocycles. The van der Waals surface area contributed by atoms with Crippen LogP contribution in [0.5, 0.6) is 5.75 Å². The summed E-state index contributed by atoms with van der Waals surface area (Å²) >= 11 is 0. The normalized spacial score (nSPS) is 13.6. The Hall–Kier alpha value is -2.44. The summed E-state index contributed by atoms with van der Waals surface area (Å²) in [7, 11) is 2.72. The molecule has 108 valence electrons. The maximum absolute atomic E-state index is 11.2. The maximum atomic E-state index is 11.2. The number of benzene rings is 1. The van der Waals surface area contributed by atoms with Crippen molar-refractivity contribution in [2.75, 3.05) is 14.2 Å². The third kappa shape index (κ3) is 4.04. The van der Waals surface area contributed by atoms with E-state index in [0.29, 0.717) is 11.3 Å². The van der Waals surface area contributed by atoms with Crippen molar-refractivity contribution in [1.29, 1.82) is 0 Å². The van der Waals surface area contributed by atoms with Crippen LogP contribution in [-0.4, -0.2) is 26.3 Å². The molecule has 1 atom stereocenters. The first-order valence-corrected chi connectivity index (χ1v) is 5.76. The quantitative estimate of drug-likeness (QED) is 0.625. The third-order valence-electron chi connectivity index (χ3n) is 2.47. The van der Waals surface area contributed by atoms with Crippen molar-refractivity contribution >= 4 is 12.1 Å². The zero-order chi connectivity index (χ0) is 15.2. The minimum Gasteiger partial charge on any atom is -0.497 e. The molecule has 0 aromatic heterocycles. The molecule has 0 spiro atoms. The SMILES string of the molecule is COC(=O)/N=N/C(C)(OC(C)=O)c1ccc(OC)cc1. The topological polar surface area (TPSA) is 86.5 Å². The summed E-state index contributed by atoms with van der Waals surface area (Å²) in [5, 5.41) is 7.10. The van der Waals surface area contributed by atoms with E-state index in [9.17, 15) is 9.59 Å². The minimum absolute atomic E-state index is 0.543. The summed E-state index contributed by atoms with van der Waals surface area (Å²) in [4.78, 5) is 22.2. The van der Waals surface area contributed by atoms with Crippen LogP contribution in [0.15, 0.2) is 34.5 Å². The van der Waals surface area contributed by atoms with E-state index in [0.717, 1.165) is 0 Å². The molecule has 1 aromatic rings. The molecule has 1 amide bonds. The van der Waals surface area contributed by atoms with E-state index in [4.69, 9.17) is 9.47 Å². The number of amides is 1. The average Bonchev–Trinajstić information content (AvgIpc) is 2.44. The lowest BCUT2D eigenvalue weighted by atomic mass is 10.1. The fraction of sp³-hybridized carbons (Fsp3) is 0.385. The highest BCUT2D eigenvalue weighted by Gasteiger charge is 2.30. The fourth-order valence-corrected chi connectivity index (χ4v) is 1.49. The zero-order valence-electron chi connectivity index (χ0n) is 11.7. The van der Waals surface area contributed by atoms with Crippen LogP contribution in [0.2, 0.25) is 0 Å². The van der Waals surface area contributed by atoms with Crippen LogP contribution in [0, 0.1) is 0 Å². The lowest BCUT2D eigenvalue weighted by molar-refractivity contribution is -0.156. The van der Waals surface area contributed by atoms with Gasteiger partial charge in [-0.3, -0.25) is 4.79 Å². The Morgan fingerprint density at radius 3 is 2.20 bits per heavy atom. The van der Waals surface area contributed by atoms with Gasteiger partial charge in [0.15, 0.2) is 0 Å². The van der Waals surface area contributed by atoms with Crippen molar-refractivity contribution < 1.29 is 23.8 Å². The number of nitrogens with zero attached hydrogens (tertiary/aromatic N) is 2. The highest BCUT2D eigenvalue weighted by atomic mass is 16.6. The monoisotopic (exact) mass is 280 g/mol. The average molecular weight is 280 g/mol.